The molecule has 1 atom stereocenters. The van der Waals surface area contributed by atoms with Crippen LogP contribution in [0, 0.1) is 0 Å². The molecule has 23 heavy (non-hydrogen) atoms. The maximum absolute atomic E-state index is 12.4. The predicted octanol–water partition coefficient (Wildman–Crippen LogP) is 0.467. The van der Waals surface area contributed by atoms with Gasteiger partial charge in [-0.25, -0.2) is 9.97 Å². The van der Waals surface area contributed by atoms with Crippen LogP contribution in [-0.2, 0) is 0 Å². The van der Waals surface area contributed by atoms with Crippen molar-refractivity contribution < 1.29 is 14.3 Å². The lowest BCUT2D eigenvalue weighted by Gasteiger charge is -2.17. The van der Waals surface area contributed by atoms with Crippen molar-refractivity contribution in [2.75, 3.05) is 20.2 Å². The van der Waals surface area contributed by atoms with Gasteiger partial charge in [-0.3, -0.25) is 9.59 Å². The fourth-order valence-electron chi connectivity index (χ4n) is 2.43. The van der Waals surface area contributed by atoms with Crippen LogP contribution in [0.1, 0.15) is 16.8 Å². The Hall–Kier alpha value is -2.90. The molecule has 0 radical (unpaired) electrons. The number of H-pyrrole nitrogens is 1. The average Bonchev–Trinajstić information content (AvgIpc) is 3.04. The number of likely N-dealkylation sites (tertiary alicyclic amines) is 1. The number of hydrogen-bond acceptors (Lipinski definition) is 6. The van der Waals surface area contributed by atoms with Crippen LogP contribution in [0.2, 0.25) is 0 Å². The Morgan fingerprint density at radius 2 is 2.09 bits per heavy atom. The lowest BCUT2D eigenvalue weighted by Crippen LogP contribution is -2.31. The molecule has 0 bridgehead atoms. The van der Waals surface area contributed by atoms with Crippen LogP contribution in [-0.4, -0.2) is 52.1 Å². The minimum absolute atomic E-state index is 0.140. The standard InChI is InChI=1S/C15H16N4O4/c1-22-13-14(17-6-5-16-13)23-11-4-7-19(9-11)15(21)10-2-3-12(20)18-8-10/h2-3,5-6,8,11H,4,7,9H2,1H3,(H,18,20). The fourth-order valence-corrected chi connectivity index (χ4v) is 2.43. The van der Waals surface area contributed by atoms with E-state index < -0.39 is 0 Å². The van der Waals surface area contributed by atoms with Crippen molar-refractivity contribution in [3.05, 3.63) is 46.6 Å². The summed E-state index contributed by atoms with van der Waals surface area (Å²) < 4.78 is 10.9. The summed E-state index contributed by atoms with van der Waals surface area (Å²) in [5, 5.41) is 0. The van der Waals surface area contributed by atoms with E-state index in [0.717, 1.165) is 0 Å². The van der Waals surface area contributed by atoms with Crippen LogP contribution in [0.5, 0.6) is 11.8 Å². The normalized spacial score (nSPS) is 17.1. The van der Waals surface area contributed by atoms with Crippen LogP contribution in [0.25, 0.3) is 0 Å². The van der Waals surface area contributed by atoms with Gasteiger partial charge in [0, 0.05) is 37.6 Å². The number of aromatic amines is 1. The number of carbonyl (C=O) groups excluding carboxylic acids is 1. The number of aromatic nitrogens is 3. The molecule has 0 saturated carbocycles. The lowest BCUT2D eigenvalue weighted by atomic mass is 10.2. The topological polar surface area (TPSA) is 97.4 Å². The summed E-state index contributed by atoms with van der Waals surface area (Å²) >= 11 is 0. The molecule has 1 aliphatic heterocycles. The van der Waals surface area contributed by atoms with Gasteiger partial charge >= 0.3 is 0 Å². The highest BCUT2D eigenvalue weighted by Gasteiger charge is 2.29. The Labute approximate surface area is 132 Å². The molecule has 120 valence electrons. The molecule has 0 aromatic carbocycles. The summed E-state index contributed by atoms with van der Waals surface area (Å²) in [4.78, 5) is 35.7. The number of amides is 1. The monoisotopic (exact) mass is 316 g/mol. The van der Waals surface area contributed by atoms with Crippen LogP contribution >= 0.6 is 0 Å². The number of ether oxygens (including phenoxy) is 2. The van der Waals surface area contributed by atoms with Crippen LogP contribution < -0.4 is 15.0 Å². The Balaban J connectivity index is 1.65. The number of rotatable bonds is 4. The van der Waals surface area contributed by atoms with Crippen molar-refractivity contribution in [2.24, 2.45) is 0 Å². The van der Waals surface area contributed by atoms with Gasteiger partial charge in [-0.1, -0.05) is 0 Å². The van der Waals surface area contributed by atoms with E-state index in [1.165, 1.54) is 37.8 Å². The largest absolute Gasteiger partial charge is 0.477 e. The van der Waals surface area contributed by atoms with E-state index in [1.54, 1.807) is 4.90 Å². The van der Waals surface area contributed by atoms with E-state index in [-0.39, 0.29) is 17.6 Å². The smallest absolute Gasteiger partial charge is 0.278 e. The van der Waals surface area contributed by atoms with Gasteiger partial charge < -0.3 is 19.4 Å². The maximum Gasteiger partial charge on any atom is 0.278 e. The molecule has 1 N–H and O–H groups in total. The molecule has 0 aliphatic carbocycles. The minimum Gasteiger partial charge on any atom is -0.477 e. The molecule has 3 heterocycles. The van der Waals surface area contributed by atoms with Crippen molar-refractivity contribution >= 4 is 5.91 Å². The zero-order valence-electron chi connectivity index (χ0n) is 12.6. The van der Waals surface area contributed by atoms with Gasteiger partial charge in [0.2, 0.25) is 5.56 Å². The first-order valence-electron chi connectivity index (χ1n) is 7.17. The zero-order valence-corrected chi connectivity index (χ0v) is 12.6. The highest BCUT2D eigenvalue weighted by molar-refractivity contribution is 5.94. The summed E-state index contributed by atoms with van der Waals surface area (Å²) in [6, 6.07) is 2.85. The third kappa shape index (κ3) is 3.31. The Morgan fingerprint density at radius 1 is 1.30 bits per heavy atom. The highest BCUT2D eigenvalue weighted by Crippen LogP contribution is 2.24. The third-order valence-corrected chi connectivity index (χ3v) is 3.57. The Morgan fingerprint density at radius 3 is 2.78 bits per heavy atom. The number of methoxy groups -OCH3 is 1. The zero-order chi connectivity index (χ0) is 16.2. The maximum atomic E-state index is 12.4. The second-order valence-corrected chi connectivity index (χ2v) is 5.09. The quantitative estimate of drug-likeness (QED) is 0.880. The lowest BCUT2D eigenvalue weighted by molar-refractivity contribution is 0.0769. The molecule has 1 fully saturated rings. The summed E-state index contributed by atoms with van der Waals surface area (Å²) in [5.74, 6) is 0.495. The van der Waals surface area contributed by atoms with Gasteiger partial charge in [-0.2, -0.15) is 0 Å². The van der Waals surface area contributed by atoms with Crippen LogP contribution in [0.3, 0.4) is 0 Å². The van der Waals surface area contributed by atoms with E-state index in [9.17, 15) is 9.59 Å². The van der Waals surface area contributed by atoms with Crippen molar-refractivity contribution in [2.45, 2.75) is 12.5 Å². The first-order chi connectivity index (χ1) is 11.2. The highest BCUT2D eigenvalue weighted by atomic mass is 16.5. The van der Waals surface area contributed by atoms with E-state index in [1.807, 2.05) is 0 Å². The van der Waals surface area contributed by atoms with E-state index in [2.05, 4.69) is 15.0 Å². The van der Waals surface area contributed by atoms with E-state index in [4.69, 9.17) is 9.47 Å². The van der Waals surface area contributed by atoms with Gasteiger partial charge in [0.1, 0.15) is 6.10 Å². The molecule has 1 aliphatic rings. The number of nitrogens with zero attached hydrogens (tertiary/aromatic N) is 3. The molecular weight excluding hydrogens is 300 g/mol. The third-order valence-electron chi connectivity index (χ3n) is 3.57. The molecule has 0 spiro atoms. The molecule has 2 aromatic rings. The Bertz CT molecular complexity index is 741. The first kappa shape index (κ1) is 15.0. The Kier molecular flexibility index (Phi) is 4.22. The fraction of sp³-hybridized carbons (Fsp3) is 0.333. The van der Waals surface area contributed by atoms with Crippen molar-refractivity contribution in [1.29, 1.82) is 0 Å². The molecule has 1 saturated heterocycles. The van der Waals surface area contributed by atoms with Crippen molar-refractivity contribution in [1.82, 2.24) is 19.9 Å². The van der Waals surface area contributed by atoms with Crippen LogP contribution in [0.15, 0.2) is 35.5 Å². The van der Waals surface area contributed by atoms with Gasteiger partial charge in [0.05, 0.1) is 19.2 Å². The molecule has 8 heteroatoms. The van der Waals surface area contributed by atoms with Gasteiger partial charge in [0.25, 0.3) is 17.7 Å². The summed E-state index contributed by atoms with van der Waals surface area (Å²) in [5.41, 5.74) is 0.210. The molecule has 3 rings (SSSR count). The van der Waals surface area contributed by atoms with Gasteiger partial charge in [-0.15, -0.1) is 0 Å². The average molecular weight is 316 g/mol. The SMILES string of the molecule is COc1nccnc1OC1CCN(C(=O)c2ccc(=O)[nH]c2)C1. The van der Waals surface area contributed by atoms with Crippen molar-refractivity contribution in [3.8, 4) is 11.8 Å². The molecule has 2 aromatic heterocycles. The van der Waals surface area contributed by atoms with Gasteiger partial charge in [-0.05, 0) is 6.07 Å². The number of carbonyl (C=O) groups is 1. The van der Waals surface area contributed by atoms with Crippen LogP contribution in [0.4, 0.5) is 0 Å². The predicted molar refractivity (Wildman–Crippen MR) is 80.6 cm³/mol. The number of nitrogens with one attached hydrogen (secondary N) is 1. The summed E-state index contributed by atoms with van der Waals surface area (Å²) in [6.07, 6.45) is 4.98. The molecular formula is C15H16N4O4. The van der Waals surface area contributed by atoms with Gasteiger partial charge in [0.15, 0.2) is 0 Å². The van der Waals surface area contributed by atoms with Crippen molar-refractivity contribution in [3.63, 3.8) is 0 Å². The molecule has 1 amide bonds. The summed E-state index contributed by atoms with van der Waals surface area (Å²) in [6.45, 7) is 1.02. The molecule has 1 unspecified atom stereocenters. The second-order valence-electron chi connectivity index (χ2n) is 5.09. The molecule has 8 nitrogen and oxygen atoms in total. The summed E-state index contributed by atoms with van der Waals surface area (Å²) in [7, 11) is 1.50. The second kappa shape index (κ2) is 6.47. The number of hydrogen-bond donors (Lipinski definition) is 1. The van der Waals surface area contributed by atoms with E-state index in [0.29, 0.717) is 36.8 Å². The van der Waals surface area contributed by atoms with E-state index >= 15 is 0 Å². The first-order valence-corrected chi connectivity index (χ1v) is 7.17. The minimum atomic E-state index is -0.237. The number of pyridine rings is 1.